The van der Waals surface area contributed by atoms with Crippen LogP contribution in [0.2, 0.25) is 0 Å². The van der Waals surface area contributed by atoms with E-state index in [1.807, 2.05) is 103 Å². The molecule has 9 aliphatic heterocycles. The maximum absolute atomic E-state index is 12.8. The van der Waals surface area contributed by atoms with Crippen molar-refractivity contribution in [2.75, 3.05) is 20.2 Å². The molecule has 7 aromatic rings. The molecule has 16 aliphatic rings. The fourth-order valence-corrected chi connectivity index (χ4v) is 21.0. The first kappa shape index (κ1) is 90.4. The van der Waals surface area contributed by atoms with Crippen molar-refractivity contribution in [3.63, 3.8) is 0 Å². The number of rotatable bonds is 3. The molecular weight excluding hydrogens is 1620 g/mol. The van der Waals surface area contributed by atoms with Gasteiger partial charge in [0.25, 0.3) is 0 Å². The van der Waals surface area contributed by atoms with E-state index in [1.54, 1.807) is 23.1 Å². The third kappa shape index (κ3) is 19.0. The van der Waals surface area contributed by atoms with Gasteiger partial charge < -0.3 is 37.9 Å². The van der Waals surface area contributed by atoms with Gasteiger partial charge in [-0.1, -0.05) is 176 Å². The summed E-state index contributed by atoms with van der Waals surface area (Å²) in [5, 5.41) is 0.840. The molecule has 0 N–H and O–H groups in total. The van der Waals surface area contributed by atoms with Gasteiger partial charge >= 0.3 is 17.9 Å². The highest BCUT2D eigenvalue weighted by atomic mass is 16.6. The lowest BCUT2D eigenvalue weighted by Crippen LogP contribution is -2.49. The number of ether oxygens (including phenoxy) is 5. The Morgan fingerprint density at radius 3 is 1.35 bits per heavy atom. The molecule has 4 unspecified atom stereocenters. The Bertz CT molecular complexity index is 5670. The van der Waals surface area contributed by atoms with Crippen LogP contribution in [-0.2, 0) is 43.2 Å². The lowest BCUT2D eigenvalue weighted by molar-refractivity contribution is -0.141. The zero-order valence-corrected chi connectivity index (χ0v) is 74.0. The minimum Gasteiger partial charge on any atom is -0.473 e. The summed E-state index contributed by atoms with van der Waals surface area (Å²) in [4.78, 5) is 158. The van der Waals surface area contributed by atoms with Gasteiger partial charge in [-0.05, 0) is 152 Å². The fraction of sp³-hybridized carbons (Fsp3) is 0.442. The maximum Gasteiger partial charge on any atom is 0.439 e. The van der Waals surface area contributed by atoms with Crippen LogP contribution in [0.1, 0.15) is 286 Å². The maximum atomic E-state index is 12.8. The van der Waals surface area contributed by atoms with Gasteiger partial charge in [0.1, 0.15) is 46.0 Å². The molecule has 2 amide bonds. The first-order valence-electron chi connectivity index (χ1n) is 46.1. The van der Waals surface area contributed by atoms with Gasteiger partial charge in [-0.15, -0.1) is 0 Å². The van der Waals surface area contributed by atoms with E-state index in [9.17, 15) is 57.5 Å². The Hall–Kier alpha value is -12.3. The Kier molecular flexibility index (Phi) is 28.8. The van der Waals surface area contributed by atoms with Crippen LogP contribution in [0, 0.1) is 16.7 Å². The second kappa shape index (κ2) is 40.7. The number of hydrogen-bond donors (Lipinski definition) is 0. The average molecular weight is 1740 g/mol. The number of fused-ring (bicyclic) bond motifs is 20. The molecule has 668 valence electrons. The van der Waals surface area contributed by atoms with Crippen molar-refractivity contribution in [2.45, 2.75) is 258 Å². The lowest BCUT2D eigenvalue weighted by atomic mass is 9.65. The summed E-state index contributed by atoms with van der Waals surface area (Å²) in [5.41, 5.74) is 12.6. The molecule has 23 rings (SSSR count). The Balaban J connectivity index is 0.000000116. The first-order chi connectivity index (χ1) is 62.2. The zero-order chi connectivity index (χ0) is 89.8. The molecule has 24 nitrogen and oxygen atoms in total. The number of hydrogen-bond acceptors (Lipinski definition) is 22. The van der Waals surface area contributed by atoms with Gasteiger partial charge in [-0.2, -0.15) is 4.98 Å². The predicted octanol–water partition coefficient (Wildman–Crippen LogP) is 20.5. The van der Waals surface area contributed by atoms with E-state index < -0.39 is 17.8 Å². The van der Waals surface area contributed by atoms with Crippen LogP contribution in [0.25, 0.3) is 11.0 Å². The number of para-hydroxylation sites is 6. The summed E-state index contributed by atoms with van der Waals surface area (Å²) in [6.45, 7) is 11.5. The molecular formula is C104H114N6O18. The molecule has 24 heteroatoms. The zero-order valence-electron chi connectivity index (χ0n) is 74.0. The first-order valence-corrected chi connectivity index (χ1v) is 46.1. The monoisotopic (exact) mass is 1730 g/mol. The van der Waals surface area contributed by atoms with Crippen LogP contribution in [0.3, 0.4) is 0 Å². The number of nitrogens with zero attached hydrogens (tertiary/aromatic N) is 6. The van der Waals surface area contributed by atoms with Crippen LogP contribution >= 0.6 is 0 Å². The van der Waals surface area contributed by atoms with Crippen LogP contribution in [0.15, 0.2) is 211 Å². The number of aliphatic imine (C=N–C) groups is 1. The topological polar surface area (TPSA) is 302 Å². The quantitative estimate of drug-likeness (QED) is 0.117. The Labute approximate surface area is 746 Å². The van der Waals surface area contributed by atoms with Gasteiger partial charge in [-0.3, -0.25) is 57.9 Å². The third-order valence-electron chi connectivity index (χ3n) is 27.2. The SMILES string of the molecule is C1=NCOc2ccccc21.CC(=O)C1C(=O)CCCC1=O.CCCC.CCCC.O=C1CCCC2=C1C(=O)CC1c3ccccc3OC(=O)N21.O=C1CCCC2=C1C(=O)CC1c3ccccc3OCN21.O=C1CCCC2=C1C1(CCCC1)CC1c3ccccc3OC(=O)N21.O=C1CCCC2=C1C1(CCCC1)CC1c3ccccc3OCN21.O=c1ncc2ccccc2o1. The van der Waals surface area contributed by atoms with Gasteiger partial charge in [0.15, 0.2) is 66.5 Å². The molecule has 4 atom stereocenters. The lowest BCUT2D eigenvalue weighted by Gasteiger charge is -2.51. The number of ketones is 9. The fourth-order valence-electron chi connectivity index (χ4n) is 21.0. The van der Waals surface area contributed by atoms with Crippen molar-refractivity contribution in [1.29, 1.82) is 0 Å². The molecule has 7 aliphatic carbocycles. The highest BCUT2D eigenvalue weighted by Gasteiger charge is 2.55. The van der Waals surface area contributed by atoms with E-state index in [2.05, 4.69) is 77.8 Å². The number of aromatic nitrogens is 1. The van der Waals surface area contributed by atoms with Crippen molar-refractivity contribution in [2.24, 2.45) is 21.7 Å². The number of benzene rings is 6. The summed E-state index contributed by atoms with van der Waals surface area (Å²) in [6, 6.07) is 46.6. The van der Waals surface area contributed by atoms with Gasteiger partial charge in [0, 0.05) is 142 Å². The molecule has 6 aromatic carbocycles. The van der Waals surface area contributed by atoms with E-state index in [0.29, 0.717) is 118 Å². The Morgan fingerprint density at radius 2 is 0.812 bits per heavy atom. The number of unbranched alkanes of at least 4 members (excludes halogenated alkanes) is 2. The van der Waals surface area contributed by atoms with E-state index in [0.717, 1.165) is 132 Å². The molecule has 1 aromatic heterocycles. The van der Waals surface area contributed by atoms with Crippen molar-refractivity contribution in [3.05, 3.63) is 235 Å². The number of allylic oxidation sites excluding steroid dienone is 8. The van der Waals surface area contributed by atoms with Gasteiger partial charge in [-0.25, -0.2) is 14.4 Å². The summed E-state index contributed by atoms with van der Waals surface area (Å²) >= 11 is 0. The summed E-state index contributed by atoms with van der Waals surface area (Å²) in [7, 11) is 0. The van der Waals surface area contributed by atoms with E-state index in [-0.39, 0.29) is 93.3 Å². The molecule has 3 fully saturated rings. The molecule has 3 saturated carbocycles. The summed E-state index contributed by atoms with van der Waals surface area (Å²) in [5.74, 6) is 2.22. The minimum absolute atomic E-state index is 0.00246. The number of Topliss-reactive ketones (excluding diaryl/α,β-unsaturated/α-hetero) is 9. The molecule has 0 saturated heterocycles. The Morgan fingerprint density at radius 1 is 0.398 bits per heavy atom. The minimum atomic E-state index is -0.927. The van der Waals surface area contributed by atoms with Crippen molar-refractivity contribution >= 4 is 81.4 Å². The highest BCUT2D eigenvalue weighted by molar-refractivity contribution is 6.23. The molecule has 10 heterocycles. The largest absolute Gasteiger partial charge is 0.473 e. The molecule has 0 bridgehead atoms. The number of amides is 2. The van der Waals surface area contributed by atoms with E-state index in [4.69, 9.17) is 28.1 Å². The smallest absolute Gasteiger partial charge is 0.439 e. The van der Waals surface area contributed by atoms with E-state index >= 15 is 0 Å². The third-order valence-corrected chi connectivity index (χ3v) is 27.2. The summed E-state index contributed by atoms with van der Waals surface area (Å²) in [6.07, 6.45) is 30.0. The normalized spacial score (nSPS) is 22.3. The second-order valence-corrected chi connectivity index (χ2v) is 35.3. The van der Waals surface area contributed by atoms with Crippen molar-refractivity contribution in [3.8, 4) is 28.7 Å². The number of carbonyl (C=O) groups excluding carboxylic acids is 11. The van der Waals surface area contributed by atoms with Crippen LogP contribution in [0.5, 0.6) is 28.7 Å². The average Bonchev–Trinajstić information content (AvgIpc) is 1.31. The highest BCUT2D eigenvalue weighted by Crippen LogP contribution is 2.62. The predicted molar refractivity (Wildman–Crippen MR) is 480 cm³/mol. The van der Waals surface area contributed by atoms with Crippen LogP contribution in [0.4, 0.5) is 9.59 Å². The molecule has 128 heavy (non-hydrogen) atoms. The van der Waals surface area contributed by atoms with Crippen LogP contribution in [-0.4, -0.2) is 115 Å². The second-order valence-electron chi connectivity index (χ2n) is 35.3. The van der Waals surface area contributed by atoms with Crippen molar-refractivity contribution in [1.82, 2.24) is 24.6 Å². The van der Waals surface area contributed by atoms with Gasteiger partial charge in [0.05, 0.1) is 35.3 Å². The van der Waals surface area contributed by atoms with Crippen molar-refractivity contribution < 1.29 is 80.8 Å². The van der Waals surface area contributed by atoms with Gasteiger partial charge in [0.2, 0.25) is 0 Å². The number of carbonyl (C=O) groups is 11. The standard InChI is InChI=1S/C20H21NO3.C20H23NO2.C16H13NO4.C16H15NO3.C8H5NO2.C8H7NO.C8H10O3.2C4H10/c22-16-8-5-7-14-18(16)20(10-3-4-11-20)12-15-13-6-1-2-9-17(13)24-19(23)21(14)15;22-17-8-5-7-15-19(17)20(10-3-4-11-20)12-16-14-6-1-2-9-18(14)23-13-21(15)16;18-12-6-3-5-10-15(12)13(19)8-11-9-4-1-2-7-14(9)21-16(20)17(10)11;18-13-6-3-5-11-16(13)14(19)8-12-10-4-1-2-7-15(10)20-9-17(11)12;10-8-9-5-6-3-1-2-4-7(6)11-8;1-2-4-8-7(3-1)5-9-6-10-8;1-5(9)8-6(10)3-2-4-7(8)11;2*1-3-4-2/h1-2,6,9,15H,3-5,7-8,10-12H2;1-2,6,9,16H,3-5,7-8,10-13H2;1-2,4,7,11H,3,5-6,8H2;1-2,4,7,12H,3,5-6,8-9H2;1-5H;1-5H,6H2;8H,2-4H2,1H3;2*3-4H2,1-2H3. The molecule has 2 spiro atoms. The molecule has 0 radical (unpaired) electrons. The van der Waals surface area contributed by atoms with E-state index in [1.165, 1.54) is 99.1 Å². The van der Waals surface area contributed by atoms with Crippen LogP contribution < -0.4 is 29.4 Å². The summed E-state index contributed by atoms with van der Waals surface area (Å²) < 4.78 is 32.7.